The lowest BCUT2D eigenvalue weighted by molar-refractivity contribution is 0.373. The molecule has 1 heterocycles. The third kappa shape index (κ3) is 5.18. The average molecular weight is 344 g/mol. The minimum Gasteiger partial charge on any atom is -0.339 e. The molecule has 1 atom stereocenters. The second-order valence-electron chi connectivity index (χ2n) is 5.67. The zero-order valence-corrected chi connectivity index (χ0v) is 14.5. The summed E-state index contributed by atoms with van der Waals surface area (Å²) in [6, 6.07) is 20.8. The second-order valence-corrected chi connectivity index (χ2v) is 5.67. The lowest BCUT2D eigenvalue weighted by atomic mass is 10.1. The first-order valence-electron chi connectivity index (χ1n) is 7.96. The van der Waals surface area contributed by atoms with Gasteiger partial charge in [0.15, 0.2) is 0 Å². The van der Waals surface area contributed by atoms with Gasteiger partial charge in [-0.05, 0) is 18.9 Å². The largest absolute Gasteiger partial charge is 0.339 e. The Hall–Kier alpha value is -2.17. The van der Waals surface area contributed by atoms with Gasteiger partial charge in [0.2, 0.25) is 11.7 Å². The molecule has 0 saturated carbocycles. The van der Waals surface area contributed by atoms with Crippen molar-refractivity contribution in [1.82, 2.24) is 15.5 Å². The molecular formula is C19H22ClN3O. The summed E-state index contributed by atoms with van der Waals surface area (Å²) in [5.74, 6) is 1.32. The summed E-state index contributed by atoms with van der Waals surface area (Å²) in [5.41, 5.74) is 2.32. The minimum absolute atomic E-state index is 0. The fourth-order valence-corrected chi connectivity index (χ4v) is 2.53. The number of benzene rings is 2. The molecule has 0 radical (unpaired) electrons. The maximum atomic E-state index is 5.32. The quantitative estimate of drug-likeness (QED) is 0.706. The number of aromatic nitrogens is 2. The summed E-state index contributed by atoms with van der Waals surface area (Å²) < 4.78 is 5.32. The van der Waals surface area contributed by atoms with E-state index in [1.54, 1.807) is 0 Å². The van der Waals surface area contributed by atoms with Crippen LogP contribution in [0.1, 0.15) is 18.4 Å². The van der Waals surface area contributed by atoms with E-state index in [1.807, 2.05) is 36.4 Å². The van der Waals surface area contributed by atoms with Crippen LogP contribution in [0.4, 0.5) is 0 Å². The molecule has 0 aliphatic heterocycles. The van der Waals surface area contributed by atoms with Crippen molar-refractivity contribution in [3.05, 3.63) is 72.1 Å². The predicted octanol–water partition coefficient (Wildman–Crippen LogP) is 3.92. The number of hydrogen-bond acceptors (Lipinski definition) is 4. The Bertz CT molecular complexity index is 716. The molecule has 0 aliphatic rings. The van der Waals surface area contributed by atoms with E-state index in [0.29, 0.717) is 17.8 Å². The highest BCUT2D eigenvalue weighted by Crippen LogP contribution is 2.14. The van der Waals surface area contributed by atoms with Gasteiger partial charge in [0.25, 0.3) is 0 Å². The maximum Gasteiger partial charge on any atom is 0.228 e. The van der Waals surface area contributed by atoms with Crippen molar-refractivity contribution < 1.29 is 4.52 Å². The maximum absolute atomic E-state index is 5.32. The van der Waals surface area contributed by atoms with Crippen LogP contribution in [0.5, 0.6) is 0 Å². The molecule has 1 N–H and O–H groups in total. The van der Waals surface area contributed by atoms with Gasteiger partial charge in [-0.1, -0.05) is 65.8 Å². The summed E-state index contributed by atoms with van der Waals surface area (Å²) in [4.78, 5) is 4.44. The van der Waals surface area contributed by atoms with Crippen molar-refractivity contribution in [2.45, 2.75) is 25.8 Å². The molecule has 0 saturated heterocycles. The molecule has 0 fully saturated rings. The van der Waals surface area contributed by atoms with Gasteiger partial charge in [-0.15, -0.1) is 12.4 Å². The van der Waals surface area contributed by atoms with E-state index in [1.165, 1.54) is 5.56 Å². The van der Waals surface area contributed by atoms with Crippen LogP contribution in [0, 0.1) is 0 Å². The second kappa shape index (κ2) is 9.21. The van der Waals surface area contributed by atoms with Gasteiger partial charge in [0, 0.05) is 24.6 Å². The Morgan fingerprint density at radius 1 is 1.00 bits per heavy atom. The smallest absolute Gasteiger partial charge is 0.228 e. The van der Waals surface area contributed by atoms with Gasteiger partial charge in [0.1, 0.15) is 0 Å². The molecule has 4 nitrogen and oxygen atoms in total. The lowest BCUT2D eigenvalue weighted by Gasteiger charge is -2.12. The van der Waals surface area contributed by atoms with Crippen LogP contribution < -0.4 is 5.32 Å². The first-order valence-corrected chi connectivity index (χ1v) is 7.96. The van der Waals surface area contributed by atoms with Crippen molar-refractivity contribution in [2.75, 3.05) is 6.54 Å². The van der Waals surface area contributed by atoms with Crippen molar-refractivity contribution in [2.24, 2.45) is 0 Å². The molecule has 2 aromatic carbocycles. The number of nitrogens with zero attached hydrogens (tertiary/aromatic N) is 2. The van der Waals surface area contributed by atoms with E-state index in [9.17, 15) is 0 Å². The number of rotatable bonds is 7. The molecule has 1 aromatic heterocycles. The zero-order valence-electron chi connectivity index (χ0n) is 13.7. The summed E-state index contributed by atoms with van der Waals surface area (Å²) in [6.45, 7) is 3.01. The monoisotopic (exact) mass is 343 g/mol. The molecule has 0 bridgehead atoms. The van der Waals surface area contributed by atoms with Crippen LogP contribution in [-0.2, 0) is 12.8 Å². The van der Waals surface area contributed by atoms with Crippen LogP contribution in [-0.4, -0.2) is 22.7 Å². The fraction of sp³-hybridized carbons (Fsp3) is 0.263. The van der Waals surface area contributed by atoms with Crippen LogP contribution in [0.15, 0.2) is 65.2 Å². The van der Waals surface area contributed by atoms with Gasteiger partial charge in [0.05, 0.1) is 0 Å². The van der Waals surface area contributed by atoms with E-state index < -0.39 is 0 Å². The molecule has 3 rings (SSSR count). The Morgan fingerprint density at radius 2 is 1.67 bits per heavy atom. The third-order valence-corrected chi connectivity index (χ3v) is 3.72. The van der Waals surface area contributed by atoms with Crippen LogP contribution >= 0.6 is 12.4 Å². The van der Waals surface area contributed by atoms with Crippen molar-refractivity contribution >= 4 is 12.4 Å². The van der Waals surface area contributed by atoms with Gasteiger partial charge in [-0.2, -0.15) is 4.98 Å². The number of nitrogens with one attached hydrogen (secondary N) is 1. The van der Waals surface area contributed by atoms with Crippen molar-refractivity contribution in [1.29, 1.82) is 0 Å². The molecule has 0 spiro atoms. The third-order valence-electron chi connectivity index (χ3n) is 3.72. The van der Waals surface area contributed by atoms with E-state index in [4.69, 9.17) is 4.52 Å². The zero-order chi connectivity index (χ0) is 15.9. The SMILES string of the molecule is CC(Cc1ccccc1)NCCc1nc(-c2ccccc2)no1.Cl. The standard InChI is InChI=1S/C19H21N3O.ClH/c1-15(14-16-8-4-2-5-9-16)20-13-12-18-21-19(22-23-18)17-10-6-3-7-11-17;/h2-11,15,20H,12-14H2,1H3;1H. The summed E-state index contributed by atoms with van der Waals surface area (Å²) in [6.07, 6.45) is 1.75. The number of hydrogen-bond donors (Lipinski definition) is 1. The normalized spacial score (nSPS) is 11.7. The van der Waals surface area contributed by atoms with Crippen LogP contribution in [0.2, 0.25) is 0 Å². The molecule has 1 unspecified atom stereocenters. The van der Waals surface area contributed by atoms with Gasteiger partial charge in [-0.25, -0.2) is 0 Å². The highest BCUT2D eigenvalue weighted by atomic mass is 35.5. The Morgan fingerprint density at radius 3 is 2.38 bits per heavy atom. The topological polar surface area (TPSA) is 51.0 Å². The Balaban J connectivity index is 0.00000208. The molecule has 3 aromatic rings. The van der Waals surface area contributed by atoms with Crippen molar-refractivity contribution in [3.63, 3.8) is 0 Å². The summed E-state index contributed by atoms with van der Waals surface area (Å²) in [5, 5.41) is 7.54. The van der Waals surface area contributed by atoms with Crippen LogP contribution in [0.3, 0.4) is 0 Å². The molecule has 24 heavy (non-hydrogen) atoms. The summed E-state index contributed by atoms with van der Waals surface area (Å²) in [7, 11) is 0. The minimum atomic E-state index is 0. The van der Waals surface area contributed by atoms with E-state index in [-0.39, 0.29) is 12.4 Å². The summed E-state index contributed by atoms with van der Waals surface area (Å²) >= 11 is 0. The van der Waals surface area contributed by atoms with Gasteiger partial charge < -0.3 is 9.84 Å². The van der Waals surface area contributed by atoms with Crippen LogP contribution in [0.25, 0.3) is 11.4 Å². The number of halogens is 1. The lowest BCUT2D eigenvalue weighted by Crippen LogP contribution is -2.30. The molecule has 126 valence electrons. The average Bonchev–Trinajstić information content (AvgIpc) is 3.05. The molecule has 0 aliphatic carbocycles. The Labute approximate surface area is 148 Å². The van der Waals surface area contributed by atoms with Gasteiger partial charge >= 0.3 is 0 Å². The highest BCUT2D eigenvalue weighted by Gasteiger charge is 2.09. The first-order chi connectivity index (χ1) is 11.3. The first kappa shape index (κ1) is 18.2. The van der Waals surface area contributed by atoms with E-state index >= 15 is 0 Å². The predicted molar refractivity (Wildman–Crippen MR) is 98.3 cm³/mol. The Kier molecular flexibility index (Phi) is 6.97. The molecule has 5 heteroatoms. The van der Waals surface area contributed by atoms with E-state index in [2.05, 4.69) is 46.6 Å². The molecule has 0 amide bonds. The fourth-order valence-electron chi connectivity index (χ4n) is 2.53. The van der Waals surface area contributed by atoms with E-state index in [0.717, 1.165) is 24.9 Å². The highest BCUT2D eigenvalue weighted by molar-refractivity contribution is 5.85. The van der Waals surface area contributed by atoms with Gasteiger partial charge in [-0.3, -0.25) is 0 Å². The molecular weight excluding hydrogens is 322 g/mol. The van der Waals surface area contributed by atoms with Crippen molar-refractivity contribution in [3.8, 4) is 11.4 Å².